The van der Waals surface area contributed by atoms with E-state index in [1.807, 2.05) is 0 Å². The van der Waals surface area contributed by atoms with Crippen LogP contribution in [0, 0.1) is 11.6 Å². The van der Waals surface area contributed by atoms with Crippen molar-refractivity contribution < 1.29 is 22.4 Å². The smallest absolute Gasteiger partial charge is 0.270 e. The molecule has 0 aliphatic carbocycles. The Morgan fingerprint density at radius 3 is 2.29 bits per heavy atom. The molecule has 148 valence electrons. The van der Waals surface area contributed by atoms with Gasteiger partial charge in [-0.25, -0.2) is 22.6 Å². The molecule has 0 aromatic heterocycles. The van der Waals surface area contributed by atoms with Gasteiger partial charge in [0.1, 0.15) is 17.2 Å². The molecule has 28 heavy (non-hydrogen) atoms. The summed E-state index contributed by atoms with van der Waals surface area (Å²) in [5.74, 6) is -6.32. The van der Waals surface area contributed by atoms with Crippen molar-refractivity contribution in [2.75, 3.05) is 7.05 Å². The zero-order valence-corrected chi connectivity index (χ0v) is 15.5. The topological polar surface area (TPSA) is 58.7 Å². The van der Waals surface area contributed by atoms with E-state index in [4.69, 9.17) is 5.73 Å². The van der Waals surface area contributed by atoms with Crippen LogP contribution in [0.2, 0.25) is 0 Å². The molecule has 0 fully saturated rings. The highest BCUT2D eigenvalue weighted by Crippen LogP contribution is 2.45. The standard InChI is InChI=1S/C20H19F4N3O/c1-19(14-9-8-13(21)10-15(14)22)16(17(28)27(3)18(25)26-19)11-4-6-12(7-5-11)20(2,23)24/h4-10,16H,1-3H3,(H2,25,26). The van der Waals surface area contributed by atoms with Gasteiger partial charge in [-0.15, -0.1) is 0 Å². The highest BCUT2D eigenvalue weighted by Gasteiger charge is 2.48. The third kappa shape index (κ3) is 3.23. The summed E-state index contributed by atoms with van der Waals surface area (Å²) in [6.45, 7) is 2.28. The van der Waals surface area contributed by atoms with Crippen molar-refractivity contribution in [1.29, 1.82) is 0 Å². The predicted molar refractivity (Wildman–Crippen MR) is 96.9 cm³/mol. The fraction of sp³-hybridized carbons (Fsp3) is 0.300. The van der Waals surface area contributed by atoms with Crippen LogP contribution < -0.4 is 5.73 Å². The van der Waals surface area contributed by atoms with E-state index < -0.39 is 34.9 Å². The summed E-state index contributed by atoms with van der Waals surface area (Å²) in [6, 6.07) is 8.18. The second-order valence-electron chi connectivity index (χ2n) is 7.08. The van der Waals surface area contributed by atoms with Crippen LogP contribution in [0.15, 0.2) is 47.5 Å². The number of halogens is 4. The van der Waals surface area contributed by atoms with Gasteiger partial charge in [0.25, 0.3) is 5.92 Å². The van der Waals surface area contributed by atoms with Crippen LogP contribution in [0.3, 0.4) is 0 Å². The molecule has 0 bridgehead atoms. The number of nitrogens with zero attached hydrogens (tertiary/aromatic N) is 2. The van der Waals surface area contributed by atoms with Gasteiger partial charge in [0.2, 0.25) is 5.91 Å². The minimum Gasteiger partial charge on any atom is -0.369 e. The second-order valence-corrected chi connectivity index (χ2v) is 7.08. The Bertz CT molecular complexity index is 953. The number of guanidine groups is 1. The summed E-state index contributed by atoms with van der Waals surface area (Å²) in [5, 5.41) is 0. The first-order valence-electron chi connectivity index (χ1n) is 8.52. The maximum absolute atomic E-state index is 14.6. The first-order valence-corrected chi connectivity index (χ1v) is 8.52. The van der Waals surface area contributed by atoms with E-state index in [0.29, 0.717) is 11.6 Å². The summed E-state index contributed by atoms with van der Waals surface area (Å²) in [6.07, 6.45) is 0. The van der Waals surface area contributed by atoms with Crippen molar-refractivity contribution in [3.63, 3.8) is 0 Å². The van der Waals surface area contributed by atoms with Crippen molar-refractivity contribution >= 4 is 11.9 Å². The molecule has 0 spiro atoms. The summed E-state index contributed by atoms with van der Waals surface area (Å²) in [4.78, 5) is 18.5. The highest BCUT2D eigenvalue weighted by atomic mass is 19.3. The molecule has 0 saturated carbocycles. The number of likely N-dealkylation sites (N-methyl/N-ethyl adjacent to an activating group) is 1. The van der Waals surface area contributed by atoms with E-state index in [9.17, 15) is 22.4 Å². The third-order valence-electron chi connectivity index (χ3n) is 5.06. The lowest BCUT2D eigenvalue weighted by Gasteiger charge is -2.41. The van der Waals surface area contributed by atoms with Crippen molar-refractivity contribution in [2.24, 2.45) is 10.7 Å². The zero-order valence-electron chi connectivity index (χ0n) is 15.5. The average Bonchev–Trinajstić information content (AvgIpc) is 2.59. The van der Waals surface area contributed by atoms with Gasteiger partial charge in [-0.2, -0.15) is 0 Å². The van der Waals surface area contributed by atoms with Gasteiger partial charge < -0.3 is 5.73 Å². The zero-order chi connectivity index (χ0) is 20.9. The van der Waals surface area contributed by atoms with Crippen LogP contribution in [0.4, 0.5) is 17.6 Å². The molecule has 1 amide bonds. The lowest BCUT2D eigenvalue weighted by molar-refractivity contribution is -0.130. The molecule has 0 radical (unpaired) electrons. The minimum atomic E-state index is -3.04. The summed E-state index contributed by atoms with van der Waals surface area (Å²) in [5.41, 5.74) is 4.49. The number of rotatable bonds is 3. The minimum absolute atomic E-state index is 0.0202. The van der Waals surface area contributed by atoms with Gasteiger partial charge in [0.05, 0.1) is 5.92 Å². The van der Waals surface area contributed by atoms with Crippen LogP contribution in [0.25, 0.3) is 0 Å². The lowest BCUT2D eigenvalue weighted by atomic mass is 9.74. The van der Waals surface area contributed by atoms with E-state index in [2.05, 4.69) is 4.99 Å². The molecule has 2 atom stereocenters. The summed E-state index contributed by atoms with van der Waals surface area (Å²) >= 11 is 0. The fourth-order valence-corrected chi connectivity index (χ4v) is 3.48. The van der Waals surface area contributed by atoms with Gasteiger partial charge in [0, 0.05) is 31.2 Å². The molecular weight excluding hydrogens is 374 g/mol. The SMILES string of the molecule is CN1C(=O)C(c2ccc(C(C)(F)F)cc2)C(C)(c2ccc(F)cc2F)N=C1N. The van der Waals surface area contributed by atoms with E-state index in [1.54, 1.807) is 0 Å². The molecule has 2 unspecified atom stereocenters. The van der Waals surface area contributed by atoms with E-state index in [-0.39, 0.29) is 17.1 Å². The van der Waals surface area contributed by atoms with Gasteiger partial charge in [-0.1, -0.05) is 30.3 Å². The Labute approximate surface area is 159 Å². The maximum atomic E-state index is 14.6. The van der Waals surface area contributed by atoms with E-state index in [0.717, 1.165) is 17.9 Å². The van der Waals surface area contributed by atoms with Crippen LogP contribution in [-0.4, -0.2) is 23.8 Å². The predicted octanol–water partition coefficient (Wildman–Crippen LogP) is 3.86. The number of carbonyl (C=O) groups excluding carboxylic acids is 1. The van der Waals surface area contributed by atoms with Crippen molar-refractivity contribution in [2.45, 2.75) is 31.2 Å². The number of amides is 1. The second kappa shape index (κ2) is 6.61. The van der Waals surface area contributed by atoms with Gasteiger partial charge in [0.15, 0.2) is 5.96 Å². The Morgan fingerprint density at radius 1 is 1.14 bits per heavy atom. The first-order chi connectivity index (χ1) is 12.9. The Hall–Kier alpha value is -2.90. The Kier molecular flexibility index (Phi) is 4.69. The molecule has 4 nitrogen and oxygen atoms in total. The molecular formula is C20H19F4N3O. The Morgan fingerprint density at radius 2 is 1.75 bits per heavy atom. The summed E-state index contributed by atoms with van der Waals surface area (Å²) in [7, 11) is 1.42. The van der Waals surface area contributed by atoms with Crippen molar-refractivity contribution in [3.05, 3.63) is 70.8 Å². The molecule has 0 saturated heterocycles. The Balaban J connectivity index is 2.19. The molecule has 2 aromatic carbocycles. The van der Waals surface area contributed by atoms with Crippen molar-refractivity contribution in [3.8, 4) is 0 Å². The monoisotopic (exact) mass is 393 g/mol. The molecule has 8 heteroatoms. The number of carbonyl (C=O) groups is 1. The van der Waals surface area contributed by atoms with E-state index in [1.165, 1.54) is 44.3 Å². The van der Waals surface area contributed by atoms with Crippen LogP contribution in [-0.2, 0) is 16.3 Å². The van der Waals surface area contributed by atoms with Gasteiger partial charge in [-0.05, 0) is 18.6 Å². The molecule has 2 aromatic rings. The van der Waals surface area contributed by atoms with Crippen LogP contribution in [0.5, 0.6) is 0 Å². The number of nitrogens with two attached hydrogens (primary N) is 1. The number of hydrogen-bond acceptors (Lipinski definition) is 3. The maximum Gasteiger partial charge on any atom is 0.270 e. The molecule has 1 heterocycles. The van der Waals surface area contributed by atoms with Gasteiger partial charge >= 0.3 is 0 Å². The largest absolute Gasteiger partial charge is 0.369 e. The number of aliphatic imine (C=N–C) groups is 1. The third-order valence-corrected chi connectivity index (χ3v) is 5.06. The normalized spacial score (nSPS) is 23.0. The average molecular weight is 393 g/mol. The van der Waals surface area contributed by atoms with Crippen molar-refractivity contribution in [1.82, 2.24) is 4.90 Å². The number of alkyl halides is 2. The number of hydrogen-bond donors (Lipinski definition) is 1. The quantitative estimate of drug-likeness (QED) is 0.805. The molecule has 3 rings (SSSR count). The highest BCUT2D eigenvalue weighted by molar-refractivity contribution is 6.02. The fourth-order valence-electron chi connectivity index (χ4n) is 3.48. The molecule has 2 N–H and O–H groups in total. The van der Waals surface area contributed by atoms with Crippen LogP contribution >= 0.6 is 0 Å². The summed E-state index contributed by atoms with van der Waals surface area (Å²) < 4.78 is 55.0. The lowest BCUT2D eigenvalue weighted by Crippen LogP contribution is -2.52. The first kappa shape index (κ1) is 19.9. The number of benzene rings is 2. The van der Waals surface area contributed by atoms with Crippen LogP contribution in [0.1, 0.15) is 36.5 Å². The molecule has 1 aliphatic heterocycles. The molecule has 1 aliphatic rings. The van der Waals surface area contributed by atoms with Gasteiger partial charge in [-0.3, -0.25) is 9.69 Å². The van der Waals surface area contributed by atoms with E-state index >= 15 is 0 Å².